The molecule has 3 aromatic carbocycles. The van der Waals surface area contributed by atoms with Crippen LogP contribution in [0.2, 0.25) is 10.0 Å². The summed E-state index contributed by atoms with van der Waals surface area (Å²) in [4.78, 5) is 30.5. The summed E-state index contributed by atoms with van der Waals surface area (Å²) in [5.41, 5.74) is 2.75. The summed E-state index contributed by atoms with van der Waals surface area (Å²) in [5, 5.41) is 4.57. The lowest BCUT2D eigenvalue weighted by Crippen LogP contribution is -2.23. The number of amides is 1. The number of aromatic nitrogens is 2. The van der Waals surface area contributed by atoms with E-state index < -0.39 is 0 Å². The van der Waals surface area contributed by atoms with Crippen LogP contribution in [0.3, 0.4) is 0 Å². The fraction of sp³-hybridized carbons (Fsp3) is 0.125. The molecule has 1 heterocycles. The Labute approximate surface area is 199 Å². The summed E-state index contributed by atoms with van der Waals surface area (Å²) in [7, 11) is 0. The molecule has 8 heteroatoms. The van der Waals surface area contributed by atoms with Gasteiger partial charge >= 0.3 is 0 Å². The third-order valence-corrected chi connectivity index (χ3v) is 6.37. The van der Waals surface area contributed by atoms with Gasteiger partial charge < -0.3 is 5.32 Å². The van der Waals surface area contributed by atoms with Gasteiger partial charge in [0.05, 0.1) is 33.1 Å². The Bertz CT molecular complexity index is 1350. The quantitative estimate of drug-likeness (QED) is 0.270. The number of aryl methyl sites for hydroxylation is 1. The number of rotatable bonds is 6. The Morgan fingerprint density at radius 3 is 2.53 bits per heavy atom. The monoisotopic (exact) mass is 483 g/mol. The molecular weight excluding hydrogens is 465 g/mol. The van der Waals surface area contributed by atoms with E-state index in [-0.39, 0.29) is 17.2 Å². The molecular formula is C24H19Cl2N3O2S. The highest BCUT2D eigenvalue weighted by molar-refractivity contribution is 7.99. The van der Waals surface area contributed by atoms with Crippen LogP contribution in [0, 0.1) is 0 Å². The van der Waals surface area contributed by atoms with Gasteiger partial charge in [-0.3, -0.25) is 14.2 Å². The summed E-state index contributed by atoms with van der Waals surface area (Å²) in [6.07, 6.45) is 0.903. The van der Waals surface area contributed by atoms with E-state index in [0.717, 1.165) is 6.42 Å². The molecule has 1 aromatic heterocycles. The number of carbonyl (C=O) groups excluding carboxylic acids is 1. The topological polar surface area (TPSA) is 64.0 Å². The van der Waals surface area contributed by atoms with Crippen molar-refractivity contribution in [3.63, 3.8) is 0 Å². The lowest BCUT2D eigenvalue weighted by atomic mass is 10.1. The molecule has 0 fully saturated rings. The van der Waals surface area contributed by atoms with Gasteiger partial charge in [0.1, 0.15) is 0 Å². The molecule has 0 spiro atoms. The van der Waals surface area contributed by atoms with Gasteiger partial charge in [-0.1, -0.05) is 66.2 Å². The number of benzene rings is 3. The SMILES string of the molecule is CCc1ccc(-n2c(SCC(=O)Nc3ccc(Cl)cc3Cl)nc3ccccc3c2=O)cc1. The molecule has 0 atom stereocenters. The van der Waals surface area contributed by atoms with Crippen LogP contribution >= 0.6 is 35.0 Å². The number of para-hydroxylation sites is 1. The summed E-state index contributed by atoms with van der Waals surface area (Å²) in [6, 6.07) is 19.8. The standard InChI is InChI=1S/C24H19Cl2N3O2S/c1-2-15-7-10-17(11-8-15)29-23(31)18-5-3-4-6-20(18)28-24(29)32-14-22(30)27-21-12-9-16(25)13-19(21)26/h3-13H,2,14H2,1H3,(H,27,30). The van der Waals surface area contributed by atoms with Crippen LogP contribution in [-0.4, -0.2) is 21.2 Å². The Kier molecular flexibility index (Phi) is 6.84. The molecule has 0 aliphatic rings. The maximum Gasteiger partial charge on any atom is 0.266 e. The number of anilines is 1. The highest BCUT2D eigenvalue weighted by Gasteiger charge is 2.15. The van der Waals surface area contributed by atoms with Crippen molar-refractivity contribution in [1.29, 1.82) is 0 Å². The van der Waals surface area contributed by atoms with E-state index in [0.29, 0.717) is 37.5 Å². The number of hydrogen-bond donors (Lipinski definition) is 1. The van der Waals surface area contributed by atoms with Crippen molar-refractivity contribution in [3.8, 4) is 5.69 Å². The number of nitrogens with one attached hydrogen (secondary N) is 1. The molecule has 4 aromatic rings. The molecule has 1 amide bonds. The number of halogens is 2. The van der Waals surface area contributed by atoms with Crippen molar-refractivity contribution in [2.24, 2.45) is 0 Å². The predicted octanol–water partition coefficient (Wildman–Crippen LogP) is 5.99. The molecule has 32 heavy (non-hydrogen) atoms. The highest BCUT2D eigenvalue weighted by atomic mass is 35.5. The second kappa shape index (κ2) is 9.77. The number of nitrogens with zero attached hydrogens (tertiary/aromatic N) is 2. The van der Waals surface area contributed by atoms with E-state index in [1.165, 1.54) is 17.3 Å². The molecule has 0 saturated heterocycles. The Balaban J connectivity index is 1.66. The van der Waals surface area contributed by atoms with Gasteiger partial charge in [-0.15, -0.1) is 0 Å². The first kappa shape index (κ1) is 22.4. The third-order valence-electron chi connectivity index (χ3n) is 4.89. The van der Waals surface area contributed by atoms with Crippen molar-refractivity contribution < 1.29 is 4.79 Å². The van der Waals surface area contributed by atoms with Gasteiger partial charge in [0.25, 0.3) is 5.56 Å². The molecule has 0 saturated carbocycles. The first-order valence-electron chi connectivity index (χ1n) is 9.95. The Hall–Kier alpha value is -2.80. The van der Waals surface area contributed by atoms with Crippen molar-refractivity contribution >= 4 is 57.5 Å². The first-order chi connectivity index (χ1) is 15.5. The minimum Gasteiger partial charge on any atom is -0.324 e. The lowest BCUT2D eigenvalue weighted by molar-refractivity contribution is -0.113. The van der Waals surface area contributed by atoms with Gasteiger partial charge in [-0.05, 0) is 54.4 Å². The van der Waals surface area contributed by atoms with Crippen LogP contribution < -0.4 is 10.9 Å². The molecule has 0 radical (unpaired) electrons. The van der Waals surface area contributed by atoms with Crippen LogP contribution in [0.1, 0.15) is 12.5 Å². The molecule has 0 bridgehead atoms. The minimum absolute atomic E-state index is 0.0524. The largest absolute Gasteiger partial charge is 0.324 e. The summed E-state index contributed by atoms with van der Waals surface area (Å²) in [6.45, 7) is 2.07. The van der Waals surface area contributed by atoms with E-state index in [2.05, 4.69) is 17.2 Å². The molecule has 5 nitrogen and oxygen atoms in total. The highest BCUT2D eigenvalue weighted by Crippen LogP contribution is 2.26. The summed E-state index contributed by atoms with van der Waals surface area (Å²) < 4.78 is 1.55. The maximum absolute atomic E-state index is 13.3. The zero-order valence-corrected chi connectivity index (χ0v) is 19.5. The van der Waals surface area contributed by atoms with Crippen LogP contribution in [0.4, 0.5) is 5.69 Å². The van der Waals surface area contributed by atoms with E-state index >= 15 is 0 Å². The van der Waals surface area contributed by atoms with Crippen molar-refractivity contribution in [2.75, 3.05) is 11.1 Å². The molecule has 0 aliphatic heterocycles. The molecule has 4 rings (SSSR count). The average molecular weight is 484 g/mol. The van der Waals surface area contributed by atoms with Crippen molar-refractivity contribution in [1.82, 2.24) is 9.55 Å². The Morgan fingerprint density at radius 2 is 1.81 bits per heavy atom. The summed E-state index contributed by atoms with van der Waals surface area (Å²) >= 11 is 13.2. The second-order valence-electron chi connectivity index (χ2n) is 7.03. The van der Waals surface area contributed by atoms with Crippen LogP contribution in [0.15, 0.2) is 76.7 Å². The van der Waals surface area contributed by atoms with Gasteiger partial charge in [-0.2, -0.15) is 0 Å². The zero-order valence-electron chi connectivity index (χ0n) is 17.1. The van der Waals surface area contributed by atoms with Gasteiger partial charge in [0, 0.05) is 5.02 Å². The summed E-state index contributed by atoms with van der Waals surface area (Å²) in [5.74, 6) is -0.217. The number of hydrogen-bond acceptors (Lipinski definition) is 4. The second-order valence-corrected chi connectivity index (χ2v) is 8.82. The van der Waals surface area contributed by atoms with Crippen molar-refractivity contribution in [3.05, 3.63) is 92.7 Å². The molecule has 0 aliphatic carbocycles. The van der Waals surface area contributed by atoms with Crippen molar-refractivity contribution in [2.45, 2.75) is 18.5 Å². The fourth-order valence-corrected chi connectivity index (χ4v) is 4.49. The zero-order chi connectivity index (χ0) is 22.7. The van der Waals surface area contributed by atoms with E-state index in [9.17, 15) is 9.59 Å². The fourth-order valence-electron chi connectivity index (χ4n) is 3.22. The molecule has 162 valence electrons. The van der Waals surface area contributed by atoms with E-state index in [1.807, 2.05) is 36.4 Å². The van der Waals surface area contributed by atoms with Crippen LogP contribution in [0.25, 0.3) is 16.6 Å². The average Bonchev–Trinajstić information content (AvgIpc) is 2.80. The van der Waals surface area contributed by atoms with Gasteiger partial charge in [0.15, 0.2) is 5.16 Å². The maximum atomic E-state index is 13.3. The van der Waals surface area contributed by atoms with Gasteiger partial charge in [-0.25, -0.2) is 4.98 Å². The van der Waals surface area contributed by atoms with Crippen LogP contribution in [0.5, 0.6) is 0 Å². The first-order valence-corrected chi connectivity index (χ1v) is 11.7. The third kappa shape index (κ3) is 4.83. The van der Waals surface area contributed by atoms with E-state index in [1.54, 1.807) is 34.9 Å². The number of carbonyl (C=O) groups is 1. The molecule has 1 N–H and O–H groups in total. The number of fused-ring (bicyclic) bond motifs is 1. The normalized spacial score (nSPS) is 11.0. The van der Waals surface area contributed by atoms with Crippen LogP contribution in [-0.2, 0) is 11.2 Å². The lowest BCUT2D eigenvalue weighted by Gasteiger charge is -2.14. The smallest absolute Gasteiger partial charge is 0.266 e. The molecule has 0 unspecified atom stereocenters. The predicted molar refractivity (Wildman–Crippen MR) is 133 cm³/mol. The van der Waals surface area contributed by atoms with E-state index in [4.69, 9.17) is 23.2 Å². The minimum atomic E-state index is -0.269. The van der Waals surface area contributed by atoms with Gasteiger partial charge in [0.2, 0.25) is 5.91 Å². The Morgan fingerprint density at radius 1 is 1.06 bits per heavy atom. The number of thioether (sulfide) groups is 1.